The predicted octanol–water partition coefficient (Wildman–Crippen LogP) is 2.27. The topological polar surface area (TPSA) is 91.6 Å². The van der Waals surface area contributed by atoms with E-state index in [4.69, 9.17) is 4.52 Å². The van der Waals surface area contributed by atoms with Crippen molar-refractivity contribution in [2.75, 3.05) is 18.0 Å². The Kier molecular flexibility index (Phi) is 5.00. The van der Waals surface area contributed by atoms with Gasteiger partial charge >= 0.3 is 0 Å². The zero-order valence-corrected chi connectivity index (χ0v) is 18.2. The van der Waals surface area contributed by atoms with Crippen LogP contribution in [-0.2, 0) is 16.1 Å². The number of hydrogen-bond donors (Lipinski definition) is 1. The number of aromatic nitrogens is 2. The lowest BCUT2D eigenvalue weighted by Gasteiger charge is -2.55. The maximum absolute atomic E-state index is 13.4. The number of amides is 2. The molecule has 1 N–H and O–H groups in total. The van der Waals surface area contributed by atoms with Gasteiger partial charge in [-0.15, -0.1) is 11.3 Å². The van der Waals surface area contributed by atoms with Crippen LogP contribution in [0.15, 0.2) is 16.1 Å². The fourth-order valence-electron chi connectivity index (χ4n) is 5.56. The van der Waals surface area contributed by atoms with Crippen molar-refractivity contribution in [1.29, 1.82) is 0 Å². The molecule has 3 aliphatic rings. The fraction of sp³-hybridized carbons (Fsp3) is 0.619. The van der Waals surface area contributed by atoms with Crippen LogP contribution in [0.2, 0.25) is 0 Å². The van der Waals surface area contributed by atoms with Crippen molar-refractivity contribution in [3.8, 4) is 0 Å². The monoisotopic (exact) mass is 429 g/mol. The van der Waals surface area contributed by atoms with Gasteiger partial charge < -0.3 is 19.6 Å². The van der Waals surface area contributed by atoms with E-state index in [0.717, 1.165) is 54.5 Å². The number of hydrogen-bond acceptors (Lipinski definition) is 7. The number of carbonyl (C=O) groups is 2. The van der Waals surface area contributed by atoms with Gasteiger partial charge in [-0.3, -0.25) is 9.59 Å². The average molecular weight is 430 g/mol. The summed E-state index contributed by atoms with van der Waals surface area (Å²) < 4.78 is 5.22. The highest BCUT2D eigenvalue weighted by Gasteiger charge is 2.52. The Morgan fingerprint density at radius 2 is 2.17 bits per heavy atom. The molecule has 8 nitrogen and oxygen atoms in total. The molecule has 0 radical (unpaired) electrons. The number of nitrogens with one attached hydrogen (secondary N) is 1. The zero-order chi connectivity index (χ0) is 20.8. The van der Waals surface area contributed by atoms with Crippen LogP contribution in [0, 0.1) is 25.7 Å². The van der Waals surface area contributed by atoms with E-state index < -0.39 is 6.04 Å². The largest absolute Gasteiger partial charge is 0.361 e. The van der Waals surface area contributed by atoms with E-state index in [1.165, 1.54) is 0 Å². The van der Waals surface area contributed by atoms with Crippen LogP contribution >= 0.6 is 11.3 Å². The Balaban J connectivity index is 1.40. The Hall–Kier alpha value is -2.42. The van der Waals surface area contributed by atoms with Crippen molar-refractivity contribution in [1.82, 2.24) is 20.4 Å². The van der Waals surface area contributed by atoms with E-state index in [0.29, 0.717) is 18.9 Å². The summed E-state index contributed by atoms with van der Waals surface area (Å²) in [6, 6.07) is -0.289. The number of anilines is 1. The molecule has 9 heteroatoms. The molecule has 160 valence electrons. The van der Waals surface area contributed by atoms with Gasteiger partial charge in [-0.05, 0) is 39.0 Å². The van der Waals surface area contributed by atoms with Gasteiger partial charge in [0.05, 0.1) is 5.69 Å². The molecule has 5 rings (SSSR count). The second-order valence-electron chi connectivity index (χ2n) is 8.70. The number of rotatable bonds is 4. The van der Waals surface area contributed by atoms with E-state index >= 15 is 0 Å². The third kappa shape index (κ3) is 3.29. The highest BCUT2D eigenvalue weighted by molar-refractivity contribution is 7.13. The molecule has 4 atom stereocenters. The molecule has 3 saturated heterocycles. The summed E-state index contributed by atoms with van der Waals surface area (Å²) in [5, 5.41) is 10.0. The molecule has 30 heavy (non-hydrogen) atoms. The lowest BCUT2D eigenvalue weighted by molar-refractivity contribution is -0.156. The molecule has 0 saturated carbocycles. The summed E-state index contributed by atoms with van der Waals surface area (Å²) in [6.07, 6.45) is 5.24. The van der Waals surface area contributed by atoms with Crippen LogP contribution in [-0.4, -0.2) is 52.0 Å². The van der Waals surface area contributed by atoms with Crippen LogP contribution in [0.4, 0.5) is 5.13 Å². The maximum atomic E-state index is 13.4. The third-order valence-electron chi connectivity index (χ3n) is 6.92. The van der Waals surface area contributed by atoms with Gasteiger partial charge in [0, 0.05) is 55.2 Å². The minimum Gasteiger partial charge on any atom is -0.361 e. The zero-order valence-electron chi connectivity index (χ0n) is 17.3. The molecule has 0 aliphatic carbocycles. The van der Waals surface area contributed by atoms with Crippen molar-refractivity contribution >= 4 is 28.3 Å². The van der Waals surface area contributed by atoms with E-state index in [2.05, 4.69) is 20.4 Å². The molecular formula is C21H27N5O3S. The number of fused-ring (bicyclic) bond motifs is 4. The normalized spacial score (nSPS) is 28.4. The van der Waals surface area contributed by atoms with Gasteiger partial charge in [0.1, 0.15) is 11.8 Å². The summed E-state index contributed by atoms with van der Waals surface area (Å²) in [4.78, 5) is 35.1. The predicted molar refractivity (Wildman–Crippen MR) is 112 cm³/mol. The van der Waals surface area contributed by atoms with Crippen LogP contribution in [0.5, 0.6) is 0 Å². The highest BCUT2D eigenvalue weighted by atomic mass is 32.1. The molecule has 0 aromatic carbocycles. The SMILES string of the molecule is Cc1noc(C)c1CNC(=O)[C@H]1[C@@H]2C[C@@H](CN(c3nccs3)C2)[C@@H]2CCCC(=O)N21. The molecular weight excluding hydrogens is 402 g/mol. The molecule has 2 aromatic rings. The van der Waals surface area contributed by atoms with Crippen molar-refractivity contribution in [3.05, 3.63) is 28.6 Å². The molecule has 5 heterocycles. The number of piperidine rings is 3. The molecule has 0 unspecified atom stereocenters. The third-order valence-corrected chi connectivity index (χ3v) is 7.75. The first-order chi connectivity index (χ1) is 14.5. The van der Waals surface area contributed by atoms with Crippen molar-refractivity contribution < 1.29 is 14.1 Å². The Morgan fingerprint density at radius 1 is 1.33 bits per heavy atom. The summed E-state index contributed by atoms with van der Waals surface area (Å²) in [6.45, 7) is 5.76. The molecule has 3 fully saturated rings. The Morgan fingerprint density at radius 3 is 2.90 bits per heavy atom. The maximum Gasteiger partial charge on any atom is 0.243 e. The minimum atomic E-state index is -0.428. The second kappa shape index (κ2) is 7.68. The number of aryl methyl sites for hydroxylation is 2. The van der Waals surface area contributed by atoms with E-state index in [-0.39, 0.29) is 23.8 Å². The standard InChI is InChI=1S/C21H27N5O3S/c1-12-16(13(2)29-24-12)9-23-20(28)19-15-8-14(17-4-3-5-18(27)26(17)19)10-25(11-15)21-22-6-7-30-21/h6-7,14-15,17,19H,3-5,8-11H2,1-2H3,(H,23,28)/t14-,15+,17-,19+/m0/s1. The molecule has 0 spiro atoms. The summed E-state index contributed by atoms with van der Waals surface area (Å²) in [7, 11) is 0. The van der Waals surface area contributed by atoms with Crippen LogP contribution in [0.1, 0.15) is 42.7 Å². The molecule has 3 aliphatic heterocycles. The Labute approximate surface area is 179 Å². The first-order valence-electron chi connectivity index (χ1n) is 10.7. The van der Waals surface area contributed by atoms with Crippen molar-refractivity contribution in [3.63, 3.8) is 0 Å². The number of nitrogens with zero attached hydrogens (tertiary/aromatic N) is 4. The van der Waals surface area contributed by atoms with E-state index in [1.54, 1.807) is 11.3 Å². The first-order valence-corrected chi connectivity index (χ1v) is 11.6. The van der Waals surface area contributed by atoms with Gasteiger partial charge in [-0.2, -0.15) is 0 Å². The second-order valence-corrected chi connectivity index (χ2v) is 9.57. The van der Waals surface area contributed by atoms with Crippen LogP contribution in [0.3, 0.4) is 0 Å². The van der Waals surface area contributed by atoms with Crippen LogP contribution < -0.4 is 10.2 Å². The molecule has 2 aromatic heterocycles. The number of thiazole rings is 1. The van der Waals surface area contributed by atoms with E-state index in [9.17, 15) is 9.59 Å². The Bertz CT molecular complexity index is 923. The molecule has 2 amide bonds. The van der Waals surface area contributed by atoms with Crippen LogP contribution in [0.25, 0.3) is 0 Å². The van der Waals surface area contributed by atoms with Gasteiger partial charge in [-0.25, -0.2) is 4.98 Å². The number of carbonyl (C=O) groups excluding carboxylic acids is 2. The summed E-state index contributed by atoms with van der Waals surface area (Å²) >= 11 is 1.64. The molecule has 2 bridgehead atoms. The first kappa shape index (κ1) is 19.5. The quantitative estimate of drug-likeness (QED) is 0.802. The summed E-state index contributed by atoms with van der Waals surface area (Å²) in [5.74, 6) is 1.27. The van der Waals surface area contributed by atoms with Gasteiger partial charge in [0.15, 0.2) is 5.13 Å². The lowest BCUT2D eigenvalue weighted by atomic mass is 9.72. The lowest BCUT2D eigenvalue weighted by Crippen LogP contribution is -2.68. The smallest absolute Gasteiger partial charge is 0.243 e. The van der Waals surface area contributed by atoms with E-state index in [1.807, 2.05) is 30.3 Å². The van der Waals surface area contributed by atoms with Crippen molar-refractivity contribution in [2.24, 2.45) is 11.8 Å². The summed E-state index contributed by atoms with van der Waals surface area (Å²) in [5.41, 5.74) is 1.70. The van der Waals surface area contributed by atoms with Gasteiger partial charge in [0.2, 0.25) is 11.8 Å². The fourth-order valence-corrected chi connectivity index (χ4v) is 6.22. The highest BCUT2D eigenvalue weighted by Crippen LogP contribution is 2.43. The van der Waals surface area contributed by atoms with Crippen molar-refractivity contribution in [2.45, 2.75) is 58.2 Å². The minimum absolute atomic E-state index is 0.0697. The van der Waals surface area contributed by atoms with Gasteiger partial charge in [-0.1, -0.05) is 5.16 Å². The van der Waals surface area contributed by atoms with Gasteiger partial charge in [0.25, 0.3) is 0 Å². The average Bonchev–Trinajstić information content (AvgIpc) is 3.38.